The lowest BCUT2D eigenvalue weighted by molar-refractivity contribution is -0.0964. The van der Waals surface area contributed by atoms with Crippen molar-refractivity contribution in [1.82, 2.24) is 5.32 Å². The number of ether oxygens (including phenoxy) is 1. The molecular formula is C33H48FNO4S. The summed E-state index contributed by atoms with van der Waals surface area (Å²) in [6, 6.07) is 10.8. The van der Waals surface area contributed by atoms with E-state index >= 15 is 0 Å². The molecule has 1 aromatic carbocycles. The van der Waals surface area contributed by atoms with Crippen molar-refractivity contribution in [2.45, 2.75) is 78.1 Å². The number of aliphatic hydroxyl groups is 3. The van der Waals surface area contributed by atoms with Gasteiger partial charge in [-0.1, -0.05) is 69.9 Å². The molecule has 5 nitrogen and oxygen atoms in total. The van der Waals surface area contributed by atoms with Gasteiger partial charge in [0.05, 0.1) is 37.2 Å². The van der Waals surface area contributed by atoms with E-state index in [0.717, 1.165) is 47.4 Å². The summed E-state index contributed by atoms with van der Waals surface area (Å²) in [6.07, 6.45) is 8.84. The van der Waals surface area contributed by atoms with E-state index in [2.05, 4.69) is 43.6 Å². The second kappa shape index (κ2) is 20.3. The summed E-state index contributed by atoms with van der Waals surface area (Å²) in [5.41, 5.74) is 2.97. The van der Waals surface area contributed by atoms with Gasteiger partial charge in [0.25, 0.3) is 0 Å². The normalized spacial score (nSPS) is 18.9. The average molecular weight is 574 g/mol. The van der Waals surface area contributed by atoms with Crippen molar-refractivity contribution in [1.29, 1.82) is 0 Å². The molecule has 2 heterocycles. The number of hydrogen-bond donors (Lipinski definition) is 4. The lowest BCUT2D eigenvalue weighted by Crippen LogP contribution is -2.38. The first kappa shape index (κ1) is 35.5. The number of aliphatic hydroxyl groups excluding tert-OH is 3. The van der Waals surface area contributed by atoms with Crippen LogP contribution in [0.25, 0.3) is 10.4 Å². The van der Waals surface area contributed by atoms with E-state index < -0.39 is 6.10 Å². The first-order chi connectivity index (χ1) is 19.2. The van der Waals surface area contributed by atoms with Gasteiger partial charge in [-0.15, -0.1) is 11.3 Å². The number of halogens is 1. The zero-order chi connectivity index (χ0) is 29.9. The Kier molecular flexibility index (Phi) is 18.0. The third kappa shape index (κ3) is 14.2. The molecule has 1 aliphatic heterocycles. The van der Waals surface area contributed by atoms with E-state index in [1.54, 1.807) is 23.5 Å². The third-order valence-corrected chi connectivity index (χ3v) is 7.02. The maximum Gasteiger partial charge on any atom is 0.123 e. The second-order valence-electron chi connectivity index (χ2n) is 9.49. The van der Waals surface area contributed by atoms with Crippen molar-refractivity contribution < 1.29 is 24.4 Å². The molecule has 0 bridgehead atoms. The van der Waals surface area contributed by atoms with Crippen LogP contribution in [0.15, 0.2) is 84.7 Å². The van der Waals surface area contributed by atoms with Crippen LogP contribution in [0.5, 0.6) is 0 Å². The van der Waals surface area contributed by atoms with Crippen molar-refractivity contribution in [3.63, 3.8) is 0 Å². The van der Waals surface area contributed by atoms with Gasteiger partial charge in [0.15, 0.2) is 0 Å². The number of thiophene rings is 1. The molecule has 40 heavy (non-hydrogen) atoms. The van der Waals surface area contributed by atoms with Crippen molar-refractivity contribution in [3.8, 4) is 10.4 Å². The molecule has 0 radical (unpaired) electrons. The number of allylic oxidation sites excluding steroid dienone is 3. The third-order valence-electron chi connectivity index (χ3n) is 5.83. The van der Waals surface area contributed by atoms with Crippen LogP contribution >= 0.6 is 11.3 Å². The molecule has 1 aromatic heterocycles. The van der Waals surface area contributed by atoms with Crippen molar-refractivity contribution in [3.05, 3.63) is 95.4 Å². The molecule has 222 valence electrons. The molecule has 0 saturated carbocycles. The molecule has 3 atom stereocenters. The predicted molar refractivity (Wildman–Crippen MR) is 167 cm³/mol. The summed E-state index contributed by atoms with van der Waals surface area (Å²) in [5, 5.41) is 31.1. The fourth-order valence-electron chi connectivity index (χ4n) is 3.94. The highest BCUT2D eigenvalue weighted by molar-refractivity contribution is 7.15. The lowest BCUT2D eigenvalue weighted by atomic mass is 9.94. The lowest BCUT2D eigenvalue weighted by Gasteiger charge is -2.33. The van der Waals surface area contributed by atoms with E-state index in [9.17, 15) is 14.6 Å². The van der Waals surface area contributed by atoms with Crippen LogP contribution in [-0.2, 0) is 11.2 Å². The Morgan fingerprint density at radius 1 is 1.12 bits per heavy atom. The van der Waals surface area contributed by atoms with Gasteiger partial charge in [-0.25, -0.2) is 4.39 Å². The fourth-order valence-corrected chi connectivity index (χ4v) is 4.97. The number of benzene rings is 1. The minimum atomic E-state index is -0.474. The van der Waals surface area contributed by atoms with Crippen LogP contribution in [0, 0.1) is 5.82 Å². The van der Waals surface area contributed by atoms with Crippen LogP contribution in [0.1, 0.15) is 58.3 Å². The van der Waals surface area contributed by atoms with Gasteiger partial charge >= 0.3 is 0 Å². The van der Waals surface area contributed by atoms with Crippen molar-refractivity contribution in [2.24, 2.45) is 0 Å². The first-order valence-corrected chi connectivity index (χ1v) is 14.9. The molecule has 1 fully saturated rings. The maximum absolute atomic E-state index is 13.1. The Hall–Kier alpha value is -2.55. The van der Waals surface area contributed by atoms with Crippen LogP contribution in [-0.4, -0.2) is 53.3 Å². The van der Waals surface area contributed by atoms with Gasteiger partial charge in [-0.2, -0.15) is 0 Å². The Bertz CT molecular complexity index is 1060. The zero-order valence-corrected chi connectivity index (χ0v) is 25.4. The van der Waals surface area contributed by atoms with Crippen LogP contribution in [0.4, 0.5) is 4.39 Å². The van der Waals surface area contributed by atoms with E-state index in [4.69, 9.17) is 9.84 Å². The minimum absolute atomic E-state index is 0.0909. The summed E-state index contributed by atoms with van der Waals surface area (Å²) in [4.78, 5) is 2.38. The molecule has 7 heteroatoms. The van der Waals surface area contributed by atoms with E-state index in [-0.39, 0.29) is 30.4 Å². The summed E-state index contributed by atoms with van der Waals surface area (Å²) in [5.74, 6) is -0.0204. The van der Waals surface area contributed by atoms with Crippen molar-refractivity contribution in [2.75, 3.05) is 19.7 Å². The zero-order valence-electron chi connectivity index (χ0n) is 24.5. The highest BCUT2D eigenvalue weighted by Gasteiger charge is 2.29. The fraction of sp³-hybridized carbons (Fsp3) is 0.455. The molecule has 3 rings (SSSR count). The number of rotatable bonds is 12. The molecular weight excluding hydrogens is 525 g/mol. The summed E-state index contributed by atoms with van der Waals surface area (Å²) in [6.45, 7) is 16.6. The summed E-state index contributed by atoms with van der Waals surface area (Å²) in [7, 11) is 0. The summed E-state index contributed by atoms with van der Waals surface area (Å²) >= 11 is 1.71. The first-order valence-electron chi connectivity index (χ1n) is 14.1. The predicted octanol–water partition coefficient (Wildman–Crippen LogP) is 7.53. The maximum atomic E-state index is 13.1. The van der Waals surface area contributed by atoms with Gasteiger partial charge in [0.1, 0.15) is 5.82 Å². The Morgan fingerprint density at radius 2 is 1.82 bits per heavy atom. The Morgan fingerprint density at radius 3 is 2.42 bits per heavy atom. The van der Waals surface area contributed by atoms with Gasteiger partial charge in [-0.3, -0.25) is 0 Å². The molecule has 3 unspecified atom stereocenters. The van der Waals surface area contributed by atoms with E-state index in [1.807, 2.05) is 32.9 Å². The van der Waals surface area contributed by atoms with Gasteiger partial charge in [0.2, 0.25) is 0 Å². The molecule has 2 aromatic rings. The highest BCUT2D eigenvalue weighted by atomic mass is 32.1. The number of hydrogen-bond acceptors (Lipinski definition) is 6. The van der Waals surface area contributed by atoms with Gasteiger partial charge in [0, 0.05) is 22.6 Å². The van der Waals surface area contributed by atoms with Gasteiger partial charge in [-0.05, 0) is 68.1 Å². The Labute approximate surface area is 244 Å². The average Bonchev–Trinajstić information content (AvgIpc) is 3.41. The van der Waals surface area contributed by atoms with Crippen LogP contribution < -0.4 is 5.32 Å². The molecule has 0 spiro atoms. The largest absolute Gasteiger partial charge is 0.512 e. The molecule has 0 aliphatic carbocycles. The second-order valence-corrected chi connectivity index (χ2v) is 10.7. The monoisotopic (exact) mass is 573 g/mol. The van der Waals surface area contributed by atoms with Crippen LogP contribution in [0.3, 0.4) is 0 Å². The minimum Gasteiger partial charge on any atom is -0.512 e. The van der Waals surface area contributed by atoms with E-state index in [1.165, 1.54) is 17.0 Å². The standard InChI is InChI=1S/C25H29FO3S.C6H13NO.C2H6/c1-17(2)6-7-18(24-15-21(28)14-22(16-27)29-24)4-3-5-23-12-13-25(30-23)19-8-10-20(26)11-9-19;1-3-4-7-5-6(2)8;1-2/h4,6-13,21-22,24,27-28H,1,3,5,14-16H2,2H3;7-8H,2-5H2,1H3;1-2H3/b7-6-,18-4+;;. The molecule has 1 aliphatic rings. The smallest absolute Gasteiger partial charge is 0.123 e. The molecule has 1 saturated heterocycles. The van der Waals surface area contributed by atoms with Gasteiger partial charge < -0.3 is 25.4 Å². The Balaban J connectivity index is 0.000000689. The molecule has 0 amide bonds. The topological polar surface area (TPSA) is 82.0 Å². The van der Waals surface area contributed by atoms with Crippen LogP contribution in [0.2, 0.25) is 0 Å². The number of aryl methyl sites for hydroxylation is 1. The number of nitrogens with one attached hydrogen (secondary N) is 1. The van der Waals surface area contributed by atoms with Crippen molar-refractivity contribution >= 4 is 11.3 Å². The van der Waals surface area contributed by atoms with E-state index in [0.29, 0.717) is 19.4 Å². The molecule has 4 N–H and O–H groups in total. The quantitative estimate of drug-likeness (QED) is 0.120. The highest BCUT2D eigenvalue weighted by Crippen LogP contribution is 2.30. The SMILES string of the molecule is C=C(C)/C=C\C(=C/CCc1ccc(-c2ccc(F)cc2)s1)C1CC(O)CC(CO)O1.C=C(O)CNCCC.CC. The summed E-state index contributed by atoms with van der Waals surface area (Å²) < 4.78 is 19.1.